The molecule has 3 heteroatoms. The molecule has 2 N–H and O–H groups in total. The van der Waals surface area contributed by atoms with E-state index < -0.39 is 0 Å². The highest BCUT2D eigenvalue weighted by Gasteiger charge is 2.09. The maximum Gasteiger partial charge on any atom is 0.131 e. The van der Waals surface area contributed by atoms with Gasteiger partial charge in [-0.1, -0.05) is 82.8 Å². The lowest BCUT2D eigenvalue weighted by Gasteiger charge is -2.14. The first-order valence-corrected chi connectivity index (χ1v) is 7.95. The average molecular weight is 261 g/mol. The van der Waals surface area contributed by atoms with Crippen LogP contribution in [0.15, 0.2) is 0 Å². The van der Waals surface area contributed by atoms with Crippen LogP contribution in [0.4, 0.5) is 0 Å². The lowest BCUT2D eigenvalue weighted by molar-refractivity contribution is 0.570. The van der Waals surface area contributed by atoms with E-state index >= 15 is 0 Å². The maximum absolute atomic E-state index is 5.59. The van der Waals surface area contributed by atoms with Crippen molar-refractivity contribution in [2.24, 2.45) is 5.73 Å². The lowest BCUT2D eigenvalue weighted by atomic mass is 10.1. The first kappa shape index (κ1) is 16.2. The Balaban J connectivity index is 3.47. The first-order chi connectivity index (χ1) is 7.70. The first-order valence-electron chi connectivity index (χ1n) is 6.66. The molecule has 0 aromatic heterocycles. The molecule has 0 aliphatic heterocycles. The standard InChI is InChI=1S/C13H27NS2/c1-3-5-6-7-8-9-11-12(10-4-2)16-13(14)15/h12H,3-11H2,1-2H3,(H2,14,15). The second kappa shape index (κ2) is 11.7. The normalized spacial score (nSPS) is 12.6. The van der Waals surface area contributed by atoms with Crippen molar-refractivity contribution in [1.82, 2.24) is 0 Å². The van der Waals surface area contributed by atoms with Crippen LogP contribution in [0.2, 0.25) is 0 Å². The molecule has 1 unspecified atom stereocenters. The van der Waals surface area contributed by atoms with Gasteiger partial charge in [0.25, 0.3) is 0 Å². The lowest BCUT2D eigenvalue weighted by Crippen LogP contribution is -2.11. The molecule has 0 heterocycles. The molecule has 0 spiro atoms. The van der Waals surface area contributed by atoms with E-state index in [-0.39, 0.29) is 0 Å². The third kappa shape index (κ3) is 10.7. The van der Waals surface area contributed by atoms with Crippen LogP contribution in [0.25, 0.3) is 0 Å². The van der Waals surface area contributed by atoms with Crippen LogP contribution >= 0.6 is 24.0 Å². The zero-order chi connectivity index (χ0) is 12.2. The number of nitrogens with two attached hydrogens (primary N) is 1. The minimum atomic E-state index is 0.615. The summed E-state index contributed by atoms with van der Waals surface area (Å²) in [6.07, 6.45) is 12.0. The fraction of sp³-hybridized carbons (Fsp3) is 0.923. The van der Waals surface area contributed by atoms with Gasteiger partial charge in [-0.25, -0.2) is 0 Å². The van der Waals surface area contributed by atoms with Gasteiger partial charge in [0.1, 0.15) is 4.32 Å². The van der Waals surface area contributed by atoms with E-state index in [1.807, 2.05) is 0 Å². The molecule has 0 radical (unpaired) electrons. The van der Waals surface area contributed by atoms with Crippen LogP contribution in [-0.4, -0.2) is 9.57 Å². The van der Waals surface area contributed by atoms with Gasteiger partial charge in [0.15, 0.2) is 0 Å². The summed E-state index contributed by atoms with van der Waals surface area (Å²) in [5, 5.41) is 0.661. The Morgan fingerprint density at radius 1 is 1.00 bits per heavy atom. The summed E-state index contributed by atoms with van der Waals surface area (Å²) in [7, 11) is 0. The molecule has 0 aromatic carbocycles. The van der Waals surface area contributed by atoms with E-state index in [1.54, 1.807) is 11.8 Å². The number of thiocarbonyl (C=S) groups is 1. The zero-order valence-electron chi connectivity index (χ0n) is 10.8. The van der Waals surface area contributed by atoms with Crippen molar-refractivity contribution in [1.29, 1.82) is 0 Å². The third-order valence-corrected chi connectivity index (χ3v) is 4.10. The van der Waals surface area contributed by atoms with Gasteiger partial charge >= 0.3 is 0 Å². The van der Waals surface area contributed by atoms with Crippen molar-refractivity contribution in [2.45, 2.75) is 76.9 Å². The van der Waals surface area contributed by atoms with Crippen LogP contribution in [0, 0.1) is 0 Å². The Morgan fingerprint density at radius 3 is 2.19 bits per heavy atom. The molecule has 0 saturated heterocycles. The second-order valence-electron chi connectivity index (χ2n) is 4.40. The van der Waals surface area contributed by atoms with Crippen molar-refractivity contribution >= 4 is 28.3 Å². The summed E-state index contributed by atoms with van der Waals surface area (Å²) >= 11 is 6.66. The molecule has 1 atom stereocenters. The van der Waals surface area contributed by atoms with Crippen molar-refractivity contribution < 1.29 is 0 Å². The molecular weight excluding hydrogens is 234 g/mol. The van der Waals surface area contributed by atoms with Crippen molar-refractivity contribution in [3.05, 3.63) is 0 Å². The van der Waals surface area contributed by atoms with Crippen LogP contribution in [0.3, 0.4) is 0 Å². The summed E-state index contributed by atoms with van der Waals surface area (Å²) in [4.78, 5) is 0. The molecule has 1 nitrogen and oxygen atoms in total. The summed E-state index contributed by atoms with van der Waals surface area (Å²) in [6.45, 7) is 4.49. The van der Waals surface area contributed by atoms with Gasteiger partial charge in [0, 0.05) is 5.25 Å². The van der Waals surface area contributed by atoms with Gasteiger partial charge in [-0.15, -0.1) is 0 Å². The zero-order valence-corrected chi connectivity index (χ0v) is 12.5. The van der Waals surface area contributed by atoms with Gasteiger partial charge in [0.2, 0.25) is 0 Å². The number of rotatable bonds is 10. The van der Waals surface area contributed by atoms with E-state index in [0.29, 0.717) is 9.57 Å². The van der Waals surface area contributed by atoms with Crippen LogP contribution in [-0.2, 0) is 0 Å². The Bertz CT molecular complexity index is 171. The molecule has 0 aliphatic carbocycles. The fourth-order valence-electron chi connectivity index (χ4n) is 1.90. The van der Waals surface area contributed by atoms with Crippen molar-refractivity contribution in [3.63, 3.8) is 0 Å². The summed E-state index contributed by atoms with van der Waals surface area (Å²) in [5.41, 5.74) is 5.59. The van der Waals surface area contributed by atoms with Crippen LogP contribution in [0.5, 0.6) is 0 Å². The molecule has 0 saturated carbocycles. The smallest absolute Gasteiger partial charge is 0.131 e. The van der Waals surface area contributed by atoms with Gasteiger partial charge in [-0.2, -0.15) is 0 Å². The minimum absolute atomic E-state index is 0.615. The summed E-state index contributed by atoms with van der Waals surface area (Å²) < 4.78 is 0.615. The molecular formula is C13H27NS2. The highest BCUT2D eigenvalue weighted by atomic mass is 32.2. The molecule has 0 amide bonds. The van der Waals surface area contributed by atoms with Crippen molar-refractivity contribution in [2.75, 3.05) is 0 Å². The van der Waals surface area contributed by atoms with Crippen LogP contribution < -0.4 is 5.73 Å². The molecule has 16 heavy (non-hydrogen) atoms. The maximum atomic E-state index is 5.59. The number of hydrogen-bond acceptors (Lipinski definition) is 2. The number of hydrogen-bond donors (Lipinski definition) is 1. The topological polar surface area (TPSA) is 26.0 Å². The Labute approximate surface area is 111 Å². The predicted molar refractivity (Wildman–Crippen MR) is 81.1 cm³/mol. The minimum Gasteiger partial charge on any atom is -0.385 e. The molecule has 0 fully saturated rings. The van der Waals surface area contributed by atoms with Gasteiger partial charge in [0.05, 0.1) is 0 Å². The Kier molecular flexibility index (Phi) is 11.9. The van der Waals surface area contributed by atoms with E-state index in [0.717, 1.165) is 0 Å². The summed E-state index contributed by atoms with van der Waals surface area (Å²) in [6, 6.07) is 0. The van der Waals surface area contributed by atoms with Crippen molar-refractivity contribution in [3.8, 4) is 0 Å². The SMILES string of the molecule is CCCCCCCCC(CCC)SC(N)=S. The Morgan fingerprint density at radius 2 is 1.62 bits per heavy atom. The number of thioether (sulfide) groups is 1. The highest BCUT2D eigenvalue weighted by Crippen LogP contribution is 2.22. The number of unbranched alkanes of at least 4 members (excludes halogenated alkanes) is 5. The van der Waals surface area contributed by atoms with E-state index in [1.165, 1.54) is 57.8 Å². The van der Waals surface area contributed by atoms with E-state index in [9.17, 15) is 0 Å². The van der Waals surface area contributed by atoms with E-state index in [2.05, 4.69) is 13.8 Å². The molecule has 0 aliphatic rings. The van der Waals surface area contributed by atoms with Gasteiger partial charge < -0.3 is 5.73 Å². The monoisotopic (exact) mass is 261 g/mol. The van der Waals surface area contributed by atoms with Gasteiger partial charge in [-0.05, 0) is 12.8 Å². The third-order valence-electron chi connectivity index (χ3n) is 2.77. The summed E-state index contributed by atoms with van der Waals surface area (Å²) in [5.74, 6) is 0. The largest absolute Gasteiger partial charge is 0.385 e. The predicted octanol–water partition coefficient (Wildman–Crippen LogP) is 4.88. The molecule has 0 aromatic rings. The van der Waals surface area contributed by atoms with Crippen LogP contribution in [0.1, 0.15) is 71.6 Å². The molecule has 0 rings (SSSR count). The Hall–Kier alpha value is 0.240. The second-order valence-corrected chi connectivity index (χ2v) is 6.44. The highest BCUT2D eigenvalue weighted by molar-refractivity contribution is 8.23. The van der Waals surface area contributed by atoms with Gasteiger partial charge in [-0.3, -0.25) is 0 Å². The molecule has 0 bridgehead atoms. The molecule has 96 valence electrons. The fourth-order valence-corrected chi connectivity index (χ4v) is 3.28. The van der Waals surface area contributed by atoms with E-state index in [4.69, 9.17) is 18.0 Å². The average Bonchev–Trinajstić information content (AvgIpc) is 2.22. The quantitative estimate of drug-likeness (QED) is 0.448.